The number of benzene rings is 2. The van der Waals surface area contributed by atoms with Crippen LogP contribution in [0.4, 0.5) is 20.8 Å². The number of imidazole rings is 1. The van der Waals surface area contributed by atoms with Crippen LogP contribution in [0.2, 0.25) is 0 Å². The molecule has 0 saturated carbocycles. The van der Waals surface area contributed by atoms with Gasteiger partial charge in [-0.1, -0.05) is 12.1 Å². The molecule has 0 aliphatic heterocycles. The number of amides is 2. The molecule has 6 N–H and O–H groups in total. The molecule has 0 aliphatic carbocycles. The van der Waals surface area contributed by atoms with E-state index in [0.717, 1.165) is 23.0 Å². The highest BCUT2D eigenvalue weighted by atomic mass is 32.1. The van der Waals surface area contributed by atoms with E-state index in [4.69, 9.17) is 11.5 Å². The van der Waals surface area contributed by atoms with Gasteiger partial charge in [-0.2, -0.15) is 4.37 Å². The molecule has 9 nitrogen and oxygen atoms in total. The van der Waals surface area contributed by atoms with E-state index in [1.807, 2.05) is 42.0 Å². The van der Waals surface area contributed by atoms with E-state index in [0.29, 0.717) is 5.00 Å². The van der Waals surface area contributed by atoms with Crippen molar-refractivity contribution in [3.05, 3.63) is 83.8 Å². The third-order valence-corrected chi connectivity index (χ3v) is 5.91. The smallest absolute Gasteiger partial charge is 0.250 e. The topological polar surface area (TPSA) is 141 Å². The van der Waals surface area contributed by atoms with Gasteiger partial charge in [-0.05, 0) is 54.4 Å². The number of primary amides is 2. The van der Waals surface area contributed by atoms with Gasteiger partial charge in [-0.25, -0.2) is 9.37 Å². The molecular formula is C23H22FN7O2S. The van der Waals surface area contributed by atoms with Gasteiger partial charge in [-0.15, -0.1) is 0 Å². The van der Waals surface area contributed by atoms with Crippen molar-refractivity contribution in [1.29, 1.82) is 0 Å². The average molecular weight is 480 g/mol. The number of aromatic nitrogens is 3. The Morgan fingerprint density at radius 3 is 2.50 bits per heavy atom. The Bertz CT molecular complexity index is 1320. The summed E-state index contributed by atoms with van der Waals surface area (Å²) in [5, 5.41) is 6.56. The van der Waals surface area contributed by atoms with Crippen molar-refractivity contribution in [3.63, 3.8) is 0 Å². The summed E-state index contributed by atoms with van der Waals surface area (Å²) in [4.78, 5) is 28.0. The van der Waals surface area contributed by atoms with Gasteiger partial charge in [-0.3, -0.25) is 9.59 Å². The standard InChI is InChI=1S/C23H22FN7O2S/c1-13-8-21(34-30-13)29-18-11-19(17(24)10-16(18)22(25)32)28-20(23(26)33)9-14-2-4-15(5-3-14)31-7-6-27-12-31/h2-8,10-12,20,28-29H,9H2,1H3,(H2,25,32)(H2,26,33). The Labute approximate surface area is 198 Å². The molecule has 2 heterocycles. The first-order valence-corrected chi connectivity index (χ1v) is 11.0. The normalized spacial score (nSPS) is 11.7. The quantitative estimate of drug-likeness (QED) is 0.291. The number of nitrogens with zero attached hydrogens (tertiary/aromatic N) is 3. The second kappa shape index (κ2) is 9.71. The van der Waals surface area contributed by atoms with Crippen LogP contribution in [0.25, 0.3) is 5.69 Å². The van der Waals surface area contributed by atoms with Gasteiger partial charge in [0.2, 0.25) is 5.91 Å². The van der Waals surface area contributed by atoms with E-state index in [1.165, 1.54) is 17.6 Å². The first kappa shape index (κ1) is 22.9. The fourth-order valence-electron chi connectivity index (χ4n) is 3.41. The summed E-state index contributed by atoms with van der Waals surface area (Å²) in [5.41, 5.74) is 13.8. The highest BCUT2D eigenvalue weighted by Crippen LogP contribution is 2.30. The number of carbonyl (C=O) groups excluding carboxylic acids is 2. The number of hydrogen-bond donors (Lipinski definition) is 4. The minimum Gasteiger partial charge on any atom is -0.371 e. The molecule has 11 heteroatoms. The molecule has 4 aromatic rings. The van der Waals surface area contributed by atoms with E-state index < -0.39 is 23.7 Å². The fraction of sp³-hybridized carbons (Fsp3) is 0.130. The number of hydrogen-bond acceptors (Lipinski definition) is 7. The van der Waals surface area contributed by atoms with E-state index in [1.54, 1.807) is 18.6 Å². The van der Waals surface area contributed by atoms with Gasteiger partial charge >= 0.3 is 0 Å². The predicted molar refractivity (Wildman–Crippen MR) is 129 cm³/mol. The molecule has 4 rings (SSSR count). The Morgan fingerprint density at radius 2 is 1.91 bits per heavy atom. The second-order valence-electron chi connectivity index (χ2n) is 7.64. The number of anilines is 3. The van der Waals surface area contributed by atoms with Gasteiger partial charge in [0.25, 0.3) is 5.91 Å². The first-order chi connectivity index (χ1) is 16.3. The minimum absolute atomic E-state index is 0.00701. The monoisotopic (exact) mass is 479 g/mol. The number of nitrogens with two attached hydrogens (primary N) is 2. The van der Waals surface area contributed by atoms with Crippen molar-refractivity contribution in [2.75, 3.05) is 10.6 Å². The lowest BCUT2D eigenvalue weighted by Gasteiger charge is -2.19. The van der Waals surface area contributed by atoms with Crippen LogP contribution in [0.5, 0.6) is 0 Å². The summed E-state index contributed by atoms with van der Waals surface area (Å²) in [7, 11) is 0. The van der Waals surface area contributed by atoms with Gasteiger partial charge in [0.05, 0.1) is 29.0 Å². The summed E-state index contributed by atoms with van der Waals surface area (Å²) >= 11 is 1.19. The molecule has 2 aromatic heterocycles. The molecule has 0 bridgehead atoms. The lowest BCUT2D eigenvalue weighted by molar-refractivity contribution is -0.118. The van der Waals surface area contributed by atoms with Gasteiger partial charge in [0.1, 0.15) is 16.9 Å². The number of halogens is 1. The zero-order chi connectivity index (χ0) is 24.2. The van der Waals surface area contributed by atoms with Crippen molar-refractivity contribution in [1.82, 2.24) is 13.9 Å². The van der Waals surface area contributed by atoms with Crippen molar-refractivity contribution in [3.8, 4) is 5.69 Å². The number of rotatable bonds is 9. The molecule has 174 valence electrons. The third-order valence-electron chi connectivity index (χ3n) is 5.11. The lowest BCUT2D eigenvalue weighted by Crippen LogP contribution is -2.37. The van der Waals surface area contributed by atoms with Crippen LogP contribution in [-0.4, -0.2) is 31.8 Å². The maximum Gasteiger partial charge on any atom is 0.250 e. The molecule has 0 saturated heterocycles. The summed E-state index contributed by atoms with van der Waals surface area (Å²) < 4.78 is 20.9. The SMILES string of the molecule is Cc1cc(Nc2cc(NC(Cc3ccc(-n4ccnc4)cc3)C(N)=O)c(F)cc2C(N)=O)sn1. The number of aryl methyl sites for hydroxylation is 1. The number of carbonyl (C=O) groups is 2. The van der Waals surface area contributed by atoms with Crippen LogP contribution >= 0.6 is 11.5 Å². The predicted octanol–water partition coefficient (Wildman–Crippen LogP) is 3.13. The summed E-state index contributed by atoms with van der Waals surface area (Å²) in [6.07, 6.45) is 5.41. The van der Waals surface area contributed by atoms with Crippen LogP contribution < -0.4 is 22.1 Å². The van der Waals surface area contributed by atoms with Crippen molar-refractivity contribution in [2.24, 2.45) is 11.5 Å². The molecule has 0 aliphatic rings. The van der Waals surface area contributed by atoms with Crippen LogP contribution in [0.1, 0.15) is 21.6 Å². The fourth-order valence-corrected chi connectivity index (χ4v) is 4.08. The number of nitrogens with one attached hydrogen (secondary N) is 2. The van der Waals surface area contributed by atoms with Gasteiger partial charge < -0.3 is 26.7 Å². The van der Waals surface area contributed by atoms with Crippen molar-refractivity contribution < 1.29 is 14.0 Å². The zero-order valence-corrected chi connectivity index (χ0v) is 19.0. The molecule has 0 radical (unpaired) electrons. The van der Waals surface area contributed by atoms with Gasteiger partial charge in [0, 0.05) is 24.5 Å². The Morgan fingerprint density at radius 1 is 1.15 bits per heavy atom. The molecule has 1 unspecified atom stereocenters. The Balaban J connectivity index is 1.57. The molecule has 2 aromatic carbocycles. The van der Waals surface area contributed by atoms with Gasteiger partial charge in [0.15, 0.2) is 0 Å². The van der Waals surface area contributed by atoms with Crippen LogP contribution in [-0.2, 0) is 11.2 Å². The molecule has 1 atom stereocenters. The summed E-state index contributed by atoms with van der Waals surface area (Å²) in [6, 6.07) is 10.8. The Kier molecular flexibility index (Phi) is 6.55. The summed E-state index contributed by atoms with van der Waals surface area (Å²) in [6.45, 7) is 1.83. The highest BCUT2D eigenvalue weighted by Gasteiger charge is 2.21. The van der Waals surface area contributed by atoms with Crippen molar-refractivity contribution in [2.45, 2.75) is 19.4 Å². The van der Waals surface area contributed by atoms with E-state index >= 15 is 0 Å². The largest absolute Gasteiger partial charge is 0.371 e. The first-order valence-electron chi connectivity index (χ1n) is 10.3. The van der Waals surface area contributed by atoms with Crippen LogP contribution in [0.15, 0.2) is 61.2 Å². The lowest BCUT2D eigenvalue weighted by atomic mass is 10.0. The average Bonchev–Trinajstić information content (AvgIpc) is 3.47. The maximum absolute atomic E-state index is 14.8. The Hall–Kier alpha value is -4.25. The van der Waals surface area contributed by atoms with E-state index in [9.17, 15) is 14.0 Å². The molecule has 2 amide bonds. The van der Waals surface area contributed by atoms with Crippen LogP contribution in [0.3, 0.4) is 0 Å². The second-order valence-corrected chi connectivity index (χ2v) is 8.44. The van der Waals surface area contributed by atoms with Crippen LogP contribution in [0, 0.1) is 12.7 Å². The summed E-state index contributed by atoms with van der Waals surface area (Å²) in [5.74, 6) is -2.18. The zero-order valence-electron chi connectivity index (χ0n) is 18.2. The molecule has 0 fully saturated rings. The molecule has 0 spiro atoms. The minimum atomic E-state index is -0.897. The molecular weight excluding hydrogens is 457 g/mol. The molecule has 34 heavy (non-hydrogen) atoms. The highest BCUT2D eigenvalue weighted by molar-refractivity contribution is 7.10. The third kappa shape index (κ3) is 5.21. The van der Waals surface area contributed by atoms with Crippen molar-refractivity contribution >= 4 is 39.7 Å². The van der Waals surface area contributed by atoms with E-state index in [-0.39, 0.29) is 23.4 Å². The maximum atomic E-state index is 14.8. The van der Waals surface area contributed by atoms with E-state index in [2.05, 4.69) is 20.0 Å².